The van der Waals surface area contributed by atoms with Crippen LogP contribution >= 0.6 is 0 Å². The van der Waals surface area contributed by atoms with E-state index in [1.54, 1.807) is 13.0 Å². The lowest BCUT2D eigenvalue weighted by Gasteiger charge is -2.01. The van der Waals surface area contributed by atoms with Crippen LogP contribution in [0.25, 0.3) is 6.08 Å². The first kappa shape index (κ1) is 21.4. The topological polar surface area (TPSA) is 65.1 Å². The third-order valence-corrected chi connectivity index (χ3v) is 3.13. The Balaban J connectivity index is 0.000000289. The summed E-state index contributed by atoms with van der Waals surface area (Å²) in [5, 5.41) is 0. The second-order valence-electron chi connectivity index (χ2n) is 5.74. The number of ether oxygens (including phenoxy) is 3. The largest absolute Gasteiger partial charge is 0.462 e. The molecule has 1 aromatic rings. The van der Waals surface area contributed by atoms with E-state index in [4.69, 9.17) is 14.2 Å². The van der Waals surface area contributed by atoms with Gasteiger partial charge >= 0.3 is 11.9 Å². The molecule has 26 heavy (non-hydrogen) atoms. The van der Waals surface area contributed by atoms with Gasteiger partial charge in [0.25, 0.3) is 0 Å². The van der Waals surface area contributed by atoms with E-state index in [0.29, 0.717) is 31.0 Å². The highest BCUT2D eigenvalue weighted by Crippen LogP contribution is 2.09. The molecule has 1 saturated heterocycles. The number of benzene rings is 1. The molecule has 0 aromatic heterocycles. The van der Waals surface area contributed by atoms with Crippen LogP contribution in [0, 0.1) is 0 Å². The van der Waals surface area contributed by atoms with Crippen LogP contribution in [0.5, 0.6) is 0 Å². The van der Waals surface area contributed by atoms with E-state index in [1.807, 2.05) is 43.3 Å². The Labute approximate surface area is 155 Å². The van der Waals surface area contributed by atoms with Gasteiger partial charge in [-0.05, 0) is 25.0 Å². The zero-order valence-corrected chi connectivity index (χ0v) is 15.4. The minimum absolute atomic E-state index is 0.142. The molecule has 1 aliphatic heterocycles. The maximum absolute atomic E-state index is 11.4. The molecule has 0 spiro atoms. The highest BCUT2D eigenvalue weighted by atomic mass is 16.6. The maximum atomic E-state index is 11.4. The molecule has 2 rings (SSSR count). The fraction of sp³-hybridized carbons (Fsp3) is 0.333. The molecule has 1 fully saturated rings. The van der Waals surface area contributed by atoms with Crippen molar-refractivity contribution in [1.82, 2.24) is 0 Å². The average molecular weight is 358 g/mol. The van der Waals surface area contributed by atoms with Crippen LogP contribution in [0.4, 0.5) is 0 Å². The maximum Gasteiger partial charge on any atom is 0.337 e. The number of epoxide rings is 1. The molecule has 1 unspecified atom stereocenters. The van der Waals surface area contributed by atoms with E-state index in [-0.39, 0.29) is 18.0 Å². The van der Waals surface area contributed by atoms with Crippen molar-refractivity contribution in [3.05, 3.63) is 66.3 Å². The SMILES string of the molecule is C=C(C)C(=O)OCC1CO1.C=C(C=Cc1ccccc1)C(=O)OCCC. The Morgan fingerprint density at radius 3 is 2.38 bits per heavy atom. The zero-order chi connectivity index (χ0) is 19.4. The van der Waals surface area contributed by atoms with E-state index in [1.165, 1.54) is 0 Å². The van der Waals surface area contributed by atoms with Gasteiger partial charge in [0.2, 0.25) is 0 Å². The summed E-state index contributed by atoms with van der Waals surface area (Å²) in [6, 6.07) is 9.75. The fourth-order valence-electron chi connectivity index (χ4n) is 1.57. The lowest BCUT2D eigenvalue weighted by molar-refractivity contribution is -0.139. The van der Waals surface area contributed by atoms with Gasteiger partial charge in [-0.1, -0.05) is 56.5 Å². The van der Waals surface area contributed by atoms with Gasteiger partial charge in [-0.3, -0.25) is 0 Å². The molecule has 1 atom stereocenters. The number of carbonyl (C=O) groups is 2. The Morgan fingerprint density at radius 1 is 1.19 bits per heavy atom. The van der Waals surface area contributed by atoms with Crippen molar-refractivity contribution in [3.63, 3.8) is 0 Å². The van der Waals surface area contributed by atoms with Crippen molar-refractivity contribution in [2.24, 2.45) is 0 Å². The first-order chi connectivity index (χ1) is 12.4. The summed E-state index contributed by atoms with van der Waals surface area (Å²) in [4.78, 5) is 22.0. The third kappa shape index (κ3) is 9.59. The van der Waals surface area contributed by atoms with Crippen LogP contribution in [0.3, 0.4) is 0 Å². The molecular formula is C21H26O5. The number of carbonyl (C=O) groups excluding carboxylic acids is 2. The summed E-state index contributed by atoms with van der Waals surface area (Å²) >= 11 is 0. The highest BCUT2D eigenvalue weighted by Gasteiger charge is 2.24. The van der Waals surface area contributed by atoms with Crippen LogP contribution < -0.4 is 0 Å². The zero-order valence-electron chi connectivity index (χ0n) is 15.4. The first-order valence-corrected chi connectivity index (χ1v) is 8.47. The van der Waals surface area contributed by atoms with Gasteiger partial charge in [0.05, 0.1) is 18.8 Å². The highest BCUT2D eigenvalue weighted by molar-refractivity contribution is 5.92. The lowest BCUT2D eigenvalue weighted by Crippen LogP contribution is -2.09. The van der Waals surface area contributed by atoms with E-state index in [9.17, 15) is 9.59 Å². The summed E-state index contributed by atoms with van der Waals surface area (Å²) in [5.41, 5.74) is 1.84. The molecule has 140 valence electrons. The predicted octanol–water partition coefficient (Wildman–Crippen LogP) is 3.71. The van der Waals surface area contributed by atoms with Gasteiger partial charge in [-0.15, -0.1) is 0 Å². The van der Waals surface area contributed by atoms with Gasteiger partial charge in [-0.25, -0.2) is 9.59 Å². The van der Waals surface area contributed by atoms with E-state index < -0.39 is 0 Å². The normalized spacial score (nSPS) is 14.8. The Bertz CT molecular complexity index is 642. The third-order valence-electron chi connectivity index (χ3n) is 3.13. The Kier molecular flexibility index (Phi) is 9.72. The molecule has 0 aliphatic carbocycles. The van der Waals surface area contributed by atoms with Crippen LogP contribution in [0.1, 0.15) is 25.8 Å². The van der Waals surface area contributed by atoms with Crippen molar-refractivity contribution in [3.8, 4) is 0 Å². The molecule has 5 heteroatoms. The quantitative estimate of drug-likeness (QED) is 0.307. The van der Waals surface area contributed by atoms with Gasteiger partial charge in [0, 0.05) is 5.57 Å². The fourth-order valence-corrected chi connectivity index (χ4v) is 1.57. The molecule has 1 heterocycles. The molecule has 0 amide bonds. The van der Waals surface area contributed by atoms with Gasteiger partial charge in [0.15, 0.2) is 0 Å². The molecular weight excluding hydrogens is 332 g/mol. The number of rotatable bonds is 8. The van der Waals surface area contributed by atoms with Crippen molar-refractivity contribution < 1.29 is 23.8 Å². The summed E-state index contributed by atoms with van der Waals surface area (Å²) in [7, 11) is 0. The van der Waals surface area contributed by atoms with Gasteiger partial charge < -0.3 is 14.2 Å². The van der Waals surface area contributed by atoms with Gasteiger partial charge in [-0.2, -0.15) is 0 Å². The van der Waals surface area contributed by atoms with Crippen molar-refractivity contribution in [2.75, 3.05) is 19.8 Å². The van der Waals surface area contributed by atoms with Crippen LogP contribution in [-0.2, 0) is 23.8 Å². The smallest absolute Gasteiger partial charge is 0.337 e. The first-order valence-electron chi connectivity index (χ1n) is 8.47. The lowest BCUT2D eigenvalue weighted by atomic mass is 10.2. The standard InChI is InChI=1S/C14H16O2.C7H10O3/c1-3-11-16-14(15)12(2)9-10-13-7-5-4-6-8-13;1-5(2)7(8)10-4-6-3-9-6/h4-10H,2-3,11H2,1H3;6H,1,3-4H2,2H3. The van der Waals surface area contributed by atoms with Crippen molar-refractivity contribution in [1.29, 1.82) is 0 Å². The summed E-state index contributed by atoms with van der Waals surface area (Å²) < 4.78 is 14.5. The molecule has 0 radical (unpaired) electrons. The second kappa shape index (κ2) is 11.8. The summed E-state index contributed by atoms with van der Waals surface area (Å²) in [6.07, 6.45) is 4.48. The summed E-state index contributed by atoms with van der Waals surface area (Å²) in [6.45, 7) is 12.2. The molecule has 5 nitrogen and oxygen atoms in total. The predicted molar refractivity (Wildman–Crippen MR) is 101 cm³/mol. The molecule has 0 bridgehead atoms. The van der Waals surface area contributed by atoms with Crippen LogP contribution in [0.15, 0.2) is 60.7 Å². The minimum atomic E-state index is -0.353. The van der Waals surface area contributed by atoms with E-state index >= 15 is 0 Å². The second-order valence-corrected chi connectivity index (χ2v) is 5.74. The average Bonchev–Trinajstić information content (AvgIpc) is 3.47. The monoisotopic (exact) mass is 358 g/mol. The van der Waals surface area contributed by atoms with Gasteiger partial charge in [0.1, 0.15) is 12.7 Å². The number of hydrogen-bond donors (Lipinski definition) is 0. The molecule has 1 aromatic carbocycles. The number of hydrogen-bond acceptors (Lipinski definition) is 5. The Hall–Kier alpha value is -2.66. The number of esters is 2. The van der Waals surface area contributed by atoms with Crippen LogP contribution in [0.2, 0.25) is 0 Å². The van der Waals surface area contributed by atoms with E-state index in [2.05, 4.69) is 13.2 Å². The van der Waals surface area contributed by atoms with E-state index in [0.717, 1.165) is 12.0 Å². The van der Waals surface area contributed by atoms with Crippen LogP contribution in [-0.4, -0.2) is 37.9 Å². The van der Waals surface area contributed by atoms with Crippen molar-refractivity contribution >= 4 is 18.0 Å². The van der Waals surface area contributed by atoms with Crippen molar-refractivity contribution in [2.45, 2.75) is 26.4 Å². The minimum Gasteiger partial charge on any atom is -0.462 e. The Morgan fingerprint density at radius 2 is 1.85 bits per heavy atom. The molecule has 0 saturated carbocycles. The molecule has 0 N–H and O–H groups in total. The summed E-state index contributed by atoms with van der Waals surface area (Å²) in [5.74, 6) is -0.690. The molecule has 1 aliphatic rings.